The van der Waals surface area contributed by atoms with Crippen molar-refractivity contribution in [2.75, 3.05) is 11.1 Å². The van der Waals surface area contributed by atoms with Crippen molar-refractivity contribution in [3.63, 3.8) is 0 Å². The van der Waals surface area contributed by atoms with Gasteiger partial charge in [0.25, 0.3) is 0 Å². The molecule has 0 saturated carbocycles. The molecule has 0 aliphatic rings. The molecule has 0 unspecified atom stereocenters. The molecule has 2 rings (SSSR count). The van der Waals surface area contributed by atoms with Gasteiger partial charge >= 0.3 is 0 Å². The zero-order valence-corrected chi connectivity index (χ0v) is 9.78. The van der Waals surface area contributed by atoms with E-state index in [9.17, 15) is 0 Å². The van der Waals surface area contributed by atoms with Crippen molar-refractivity contribution in [2.24, 2.45) is 0 Å². The SMILES string of the molecule is Cl.Nc1cccc(NCc2ccsc2)c1. The van der Waals surface area contributed by atoms with E-state index < -0.39 is 0 Å². The molecule has 2 nitrogen and oxygen atoms in total. The first-order valence-electron chi connectivity index (χ1n) is 4.45. The Hall–Kier alpha value is -1.19. The van der Waals surface area contributed by atoms with Gasteiger partial charge in [0.2, 0.25) is 0 Å². The molecule has 1 aromatic carbocycles. The fourth-order valence-electron chi connectivity index (χ4n) is 1.25. The highest BCUT2D eigenvalue weighted by molar-refractivity contribution is 7.07. The van der Waals surface area contributed by atoms with Crippen LogP contribution in [0.2, 0.25) is 0 Å². The topological polar surface area (TPSA) is 38.0 Å². The maximum atomic E-state index is 5.67. The van der Waals surface area contributed by atoms with Gasteiger partial charge in [-0.1, -0.05) is 6.07 Å². The van der Waals surface area contributed by atoms with Gasteiger partial charge in [-0.25, -0.2) is 0 Å². The molecule has 0 aliphatic heterocycles. The molecule has 1 heterocycles. The molecule has 2 aromatic rings. The average molecular weight is 241 g/mol. The first-order chi connectivity index (χ1) is 6.84. The lowest BCUT2D eigenvalue weighted by Crippen LogP contribution is -1.98. The Labute approximate surface area is 99.5 Å². The van der Waals surface area contributed by atoms with Crippen LogP contribution in [0.5, 0.6) is 0 Å². The molecule has 0 radical (unpaired) electrons. The Morgan fingerprint density at radius 2 is 2.13 bits per heavy atom. The quantitative estimate of drug-likeness (QED) is 0.808. The molecular formula is C11H13ClN2S. The minimum Gasteiger partial charge on any atom is -0.399 e. The predicted molar refractivity (Wildman–Crippen MR) is 69.7 cm³/mol. The van der Waals surface area contributed by atoms with Gasteiger partial charge in [-0.3, -0.25) is 0 Å². The Bertz CT molecular complexity index is 401. The molecular weight excluding hydrogens is 228 g/mol. The summed E-state index contributed by atoms with van der Waals surface area (Å²) in [6.45, 7) is 0.854. The largest absolute Gasteiger partial charge is 0.399 e. The van der Waals surface area contributed by atoms with E-state index in [1.807, 2.05) is 24.3 Å². The standard InChI is InChI=1S/C11H12N2S.ClH/c12-10-2-1-3-11(6-10)13-7-9-4-5-14-8-9;/h1-6,8,13H,7,12H2;1H. The summed E-state index contributed by atoms with van der Waals surface area (Å²) in [5, 5.41) is 7.53. The number of nitrogens with two attached hydrogens (primary N) is 1. The number of thiophene rings is 1. The third-order valence-electron chi connectivity index (χ3n) is 1.96. The third kappa shape index (κ3) is 3.46. The number of anilines is 2. The Balaban J connectivity index is 0.00000112. The number of rotatable bonds is 3. The fraction of sp³-hybridized carbons (Fsp3) is 0.0909. The minimum atomic E-state index is 0. The summed E-state index contributed by atoms with van der Waals surface area (Å²) >= 11 is 1.71. The van der Waals surface area contributed by atoms with Gasteiger partial charge in [0, 0.05) is 17.9 Å². The van der Waals surface area contributed by atoms with E-state index >= 15 is 0 Å². The predicted octanol–water partition coefficient (Wildman–Crippen LogP) is 3.36. The molecule has 0 bridgehead atoms. The first-order valence-corrected chi connectivity index (χ1v) is 5.39. The van der Waals surface area contributed by atoms with Crippen LogP contribution in [-0.2, 0) is 6.54 Å². The minimum absolute atomic E-state index is 0. The number of hydrogen-bond acceptors (Lipinski definition) is 3. The number of benzene rings is 1. The van der Waals surface area contributed by atoms with Gasteiger partial charge in [0.05, 0.1) is 0 Å². The van der Waals surface area contributed by atoms with Crippen molar-refractivity contribution in [3.8, 4) is 0 Å². The molecule has 0 atom stereocenters. The lowest BCUT2D eigenvalue weighted by atomic mass is 10.2. The van der Waals surface area contributed by atoms with E-state index in [2.05, 4.69) is 22.1 Å². The van der Waals surface area contributed by atoms with E-state index in [-0.39, 0.29) is 12.4 Å². The average Bonchev–Trinajstić information content (AvgIpc) is 2.67. The molecule has 0 aliphatic carbocycles. The van der Waals surface area contributed by atoms with Crippen LogP contribution in [0.4, 0.5) is 11.4 Å². The Kier molecular flexibility index (Phi) is 4.46. The van der Waals surface area contributed by atoms with Crippen LogP contribution < -0.4 is 11.1 Å². The van der Waals surface area contributed by atoms with Gasteiger partial charge in [-0.2, -0.15) is 11.3 Å². The molecule has 0 spiro atoms. The molecule has 15 heavy (non-hydrogen) atoms. The molecule has 4 heteroatoms. The number of halogens is 1. The zero-order valence-electron chi connectivity index (χ0n) is 8.14. The van der Waals surface area contributed by atoms with Crippen molar-refractivity contribution < 1.29 is 0 Å². The van der Waals surface area contributed by atoms with Crippen LogP contribution in [-0.4, -0.2) is 0 Å². The van der Waals surface area contributed by atoms with Crippen molar-refractivity contribution in [3.05, 3.63) is 46.7 Å². The monoisotopic (exact) mass is 240 g/mol. The summed E-state index contributed by atoms with van der Waals surface area (Å²) < 4.78 is 0. The summed E-state index contributed by atoms with van der Waals surface area (Å²) in [4.78, 5) is 0. The second-order valence-corrected chi connectivity index (χ2v) is 3.89. The first kappa shape index (κ1) is 11.9. The van der Waals surface area contributed by atoms with E-state index in [0.29, 0.717) is 0 Å². The van der Waals surface area contributed by atoms with Gasteiger partial charge in [-0.15, -0.1) is 12.4 Å². The molecule has 0 fully saturated rings. The van der Waals surface area contributed by atoms with Crippen LogP contribution in [0.25, 0.3) is 0 Å². The van der Waals surface area contributed by atoms with Crippen LogP contribution in [0.1, 0.15) is 5.56 Å². The highest BCUT2D eigenvalue weighted by atomic mass is 35.5. The smallest absolute Gasteiger partial charge is 0.0409 e. The van der Waals surface area contributed by atoms with E-state index in [1.54, 1.807) is 11.3 Å². The molecule has 1 aromatic heterocycles. The van der Waals surface area contributed by atoms with Crippen LogP contribution in [0.15, 0.2) is 41.1 Å². The van der Waals surface area contributed by atoms with Crippen molar-refractivity contribution in [1.82, 2.24) is 0 Å². The van der Waals surface area contributed by atoms with Gasteiger partial charge < -0.3 is 11.1 Å². The van der Waals surface area contributed by atoms with E-state index in [4.69, 9.17) is 5.73 Å². The van der Waals surface area contributed by atoms with Gasteiger partial charge in [-0.05, 0) is 40.6 Å². The normalized spacial score (nSPS) is 9.33. The second kappa shape index (κ2) is 5.63. The maximum absolute atomic E-state index is 5.67. The third-order valence-corrected chi connectivity index (χ3v) is 2.70. The molecule has 0 saturated heterocycles. The summed E-state index contributed by atoms with van der Waals surface area (Å²) in [5.74, 6) is 0. The van der Waals surface area contributed by atoms with Crippen LogP contribution in [0.3, 0.4) is 0 Å². The maximum Gasteiger partial charge on any atom is 0.0409 e. The van der Waals surface area contributed by atoms with Gasteiger partial charge in [0.15, 0.2) is 0 Å². The summed E-state index contributed by atoms with van der Waals surface area (Å²) in [5.41, 5.74) is 8.83. The zero-order chi connectivity index (χ0) is 9.80. The number of hydrogen-bond donors (Lipinski definition) is 2. The number of nitrogens with one attached hydrogen (secondary N) is 1. The summed E-state index contributed by atoms with van der Waals surface area (Å²) in [7, 11) is 0. The van der Waals surface area contributed by atoms with Crippen molar-refractivity contribution >= 4 is 35.1 Å². The number of nitrogen functional groups attached to an aromatic ring is 1. The molecule has 3 N–H and O–H groups in total. The lowest BCUT2D eigenvalue weighted by Gasteiger charge is -2.05. The Morgan fingerprint density at radius 1 is 1.27 bits per heavy atom. The summed E-state index contributed by atoms with van der Waals surface area (Å²) in [6.07, 6.45) is 0. The molecule has 0 amide bonds. The highest BCUT2D eigenvalue weighted by Crippen LogP contribution is 2.14. The fourth-order valence-corrected chi connectivity index (χ4v) is 1.91. The van der Waals surface area contributed by atoms with E-state index in [0.717, 1.165) is 17.9 Å². The van der Waals surface area contributed by atoms with Crippen molar-refractivity contribution in [1.29, 1.82) is 0 Å². The Morgan fingerprint density at radius 3 is 2.80 bits per heavy atom. The van der Waals surface area contributed by atoms with Crippen LogP contribution >= 0.6 is 23.7 Å². The van der Waals surface area contributed by atoms with Crippen molar-refractivity contribution in [2.45, 2.75) is 6.54 Å². The summed E-state index contributed by atoms with van der Waals surface area (Å²) in [6, 6.07) is 9.90. The van der Waals surface area contributed by atoms with Crippen LogP contribution in [0, 0.1) is 0 Å². The van der Waals surface area contributed by atoms with E-state index in [1.165, 1.54) is 5.56 Å². The second-order valence-electron chi connectivity index (χ2n) is 3.11. The highest BCUT2D eigenvalue weighted by Gasteiger charge is 1.94. The van der Waals surface area contributed by atoms with Gasteiger partial charge in [0.1, 0.15) is 0 Å². The lowest BCUT2D eigenvalue weighted by molar-refractivity contribution is 1.16. The molecule has 80 valence electrons.